The highest BCUT2D eigenvalue weighted by Gasteiger charge is 2.25. The molecule has 0 amide bonds. The highest BCUT2D eigenvalue weighted by atomic mass is 32.2. The van der Waals surface area contributed by atoms with Crippen molar-refractivity contribution in [3.05, 3.63) is 35.5 Å². The average molecular weight is 302 g/mol. The predicted molar refractivity (Wildman–Crippen MR) is 69.5 cm³/mol. The minimum absolute atomic E-state index is 0.105. The highest BCUT2D eigenvalue weighted by molar-refractivity contribution is 7.93. The number of sulfonamides is 1. The summed E-state index contributed by atoms with van der Waals surface area (Å²) in [6.07, 6.45) is 0. The van der Waals surface area contributed by atoms with Crippen LogP contribution in [0.3, 0.4) is 0 Å². The molecule has 2 rings (SSSR count). The molecule has 2 aromatic rings. The van der Waals surface area contributed by atoms with Gasteiger partial charge in [0.25, 0.3) is 10.0 Å². The first-order valence-corrected chi connectivity index (χ1v) is 6.97. The molecular weight excluding hydrogens is 290 g/mol. The Morgan fingerprint density at radius 3 is 2.45 bits per heavy atom. The minimum Gasteiger partial charge on any atom is -0.381 e. The fraction of sp³-hybridized carbons (Fsp3) is 0.182. The second-order valence-electron chi connectivity index (χ2n) is 4.16. The van der Waals surface area contributed by atoms with E-state index in [0.29, 0.717) is 5.69 Å². The number of rotatable bonds is 3. The van der Waals surface area contributed by atoms with Gasteiger partial charge in [-0.3, -0.25) is 9.40 Å². The number of aromatic nitrogens is 2. The number of hydrogen-bond acceptors (Lipinski definition) is 4. The zero-order chi connectivity index (χ0) is 15.1. The van der Waals surface area contributed by atoms with E-state index < -0.39 is 21.7 Å². The maximum Gasteiger partial charge on any atom is 0.267 e. The number of aryl methyl sites for hydroxylation is 1. The Labute approximate surface area is 114 Å². The lowest BCUT2D eigenvalue weighted by atomic mass is 10.3. The van der Waals surface area contributed by atoms with Crippen molar-refractivity contribution < 1.29 is 17.2 Å². The zero-order valence-electron chi connectivity index (χ0n) is 10.7. The van der Waals surface area contributed by atoms with Gasteiger partial charge in [-0.05, 0) is 19.1 Å². The number of anilines is 2. The van der Waals surface area contributed by atoms with Gasteiger partial charge >= 0.3 is 0 Å². The third-order valence-electron chi connectivity index (χ3n) is 2.74. The van der Waals surface area contributed by atoms with Crippen LogP contribution < -0.4 is 10.5 Å². The molecule has 0 aliphatic heterocycles. The molecular formula is C11H12F2N4O2S. The molecule has 9 heteroatoms. The van der Waals surface area contributed by atoms with Gasteiger partial charge in [0.15, 0.2) is 22.3 Å². The Kier molecular flexibility index (Phi) is 3.38. The van der Waals surface area contributed by atoms with Gasteiger partial charge in [0.05, 0.1) is 11.4 Å². The van der Waals surface area contributed by atoms with E-state index in [9.17, 15) is 17.2 Å². The average Bonchev–Trinajstić information content (AvgIpc) is 2.58. The first-order valence-electron chi connectivity index (χ1n) is 5.49. The van der Waals surface area contributed by atoms with Gasteiger partial charge in [0.2, 0.25) is 0 Å². The highest BCUT2D eigenvalue weighted by Crippen LogP contribution is 2.24. The van der Waals surface area contributed by atoms with Crippen molar-refractivity contribution in [1.82, 2.24) is 9.78 Å². The SMILES string of the molecule is Cc1c(S(=O)(=O)Nc2ccc(F)c(F)c2)c(N)nn1C. The quantitative estimate of drug-likeness (QED) is 0.896. The lowest BCUT2D eigenvalue weighted by Crippen LogP contribution is -2.15. The fourth-order valence-electron chi connectivity index (χ4n) is 1.71. The predicted octanol–water partition coefficient (Wildman–Crippen LogP) is 1.39. The van der Waals surface area contributed by atoms with Crippen LogP contribution in [0, 0.1) is 18.6 Å². The lowest BCUT2D eigenvalue weighted by Gasteiger charge is -2.08. The van der Waals surface area contributed by atoms with E-state index in [4.69, 9.17) is 5.73 Å². The van der Waals surface area contributed by atoms with Crippen molar-refractivity contribution in [3.8, 4) is 0 Å². The largest absolute Gasteiger partial charge is 0.381 e. The van der Waals surface area contributed by atoms with E-state index in [1.807, 2.05) is 0 Å². The third-order valence-corrected chi connectivity index (χ3v) is 4.29. The second kappa shape index (κ2) is 4.75. The normalized spacial score (nSPS) is 11.6. The Morgan fingerprint density at radius 2 is 1.95 bits per heavy atom. The van der Waals surface area contributed by atoms with Crippen LogP contribution in [0.4, 0.5) is 20.3 Å². The molecule has 0 saturated carbocycles. The van der Waals surface area contributed by atoms with Crippen molar-refractivity contribution in [2.45, 2.75) is 11.8 Å². The van der Waals surface area contributed by atoms with Crippen molar-refractivity contribution >= 4 is 21.5 Å². The van der Waals surface area contributed by atoms with Gasteiger partial charge < -0.3 is 5.73 Å². The van der Waals surface area contributed by atoms with Crippen LogP contribution in [0.5, 0.6) is 0 Å². The van der Waals surface area contributed by atoms with Gasteiger partial charge in [-0.15, -0.1) is 0 Å². The summed E-state index contributed by atoms with van der Waals surface area (Å²) in [6.45, 7) is 1.53. The van der Waals surface area contributed by atoms with Gasteiger partial charge in [-0.1, -0.05) is 0 Å². The molecule has 0 spiro atoms. The summed E-state index contributed by atoms with van der Waals surface area (Å²) in [5.74, 6) is -2.38. The molecule has 0 aliphatic rings. The number of nitrogens with two attached hydrogens (primary N) is 1. The van der Waals surface area contributed by atoms with Gasteiger partial charge in [-0.25, -0.2) is 17.2 Å². The molecule has 0 unspecified atom stereocenters. The van der Waals surface area contributed by atoms with Gasteiger partial charge in [-0.2, -0.15) is 5.10 Å². The summed E-state index contributed by atoms with van der Waals surface area (Å²) < 4.78 is 53.7. The molecule has 1 aromatic carbocycles. The molecule has 0 atom stereocenters. The number of nitrogens with one attached hydrogen (secondary N) is 1. The summed E-state index contributed by atoms with van der Waals surface area (Å²) in [5, 5.41) is 3.79. The standard InChI is InChI=1S/C11H12F2N4O2S/c1-6-10(11(14)15-17(6)2)20(18,19)16-7-3-4-8(12)9(13)5-7/h3-5,16H,1-2H3,(H2,14,15). The second-order valence-corrected chi connectivity index (χ2v) is 5.78. The Balaban J connectivity index is 2.43. The van der Waals surface area contributed by atoms with Crippen molar-refractivity contribution in [2.75, 3.05) is 10.5 Å². The molecule has 0 saturated heterocycles. The fourth-order valence-corrected chi connectivity index (χ4v) is 3.09. The van der Waals surface area contributed by atoms with Crippen LogP contribution in [-0.4, -0.2) is 18.2 Å². The number of benzene rings is 1. The minimum atomic E-state index is -4.03. The summed E-state index contributed by atoms with van der Waals surface area (Å²) in [7, 11) is -2.49. The Morgan fingerprint density at radius 1 is 1.30 bits per heavy atom. The monoisotopic (exact) mass is 302 g/mol. The maximum atomic E-state index is 13.1. The van der Waals surface area contributed by atoms with E-state index >= 15 is 0 Å². The van der Waals surface area contributed by atoms with E-state index in [-0.39, 0.29) is 16.4 Å². The molecule has 20 heavy (non-hydrogen) atoms. The molecule has 6 nitrogen and oxygen atoms in total. The first kappa shape index (κ1) is 14.3. The van der Waals surface area contributed by atoms with Crippen LogP contribution in [0.1, 0.15) is 5.69 Å². The van der Waals surface area contributed by atoms with Crippen LogP contribution in [0.15, 0.2) is 23.1 Å². The lowest BCUT2D eigenvalue weighted by molar-refractivity contribution is 0.509. The topological polar surface area (TPSA) is 90.0 Å². The van der Waals surface area contributed by atoms with E-state index in [0.717, 1.165) is 18.2 Å². The molecule has 1 aromatic heterocycles. The van der Waals surface area contributed by atoms with E-state index in [1.54, 1.807) is 7.05 Å². The third kappa shape index (κ3) is 2.44. The number of hydrogen-bond donors (Lipinski definition) is 2. The molecule has 0 aliphatic carbocycles. The summed E-state index contributed by atoms with van der Waals surface area (Å²) in [5.41, 5.74) is 5.78. The Bertz CT molecular complexity index is 771. The molecule has 108 valence electrons. The summed E-state index contributed by atoms with van der Waals surface area (Å²) in [4.78, 5) is -0.190. The van der Waals surface area contributed by atoms with Crippen molar-refractivity contribution in [2.24, 2.45) is 7.05 Å². The van der Waals surface area contributed by atoms with E-state index in [1.165, 1.54) is 11.6 Å². The zero-order valence-corrected chi connectivity index (χ0v) is 11.5. The number of nitrogen functional groups attached to an aromatic ring is 1. The van der Waals surface area contributed by atoms with Crippen molar-refractivity contribution in [1.29, 1.82) is 0 Å². The molecule has 0 radical (unpaired) electrons. The number of halogens is 2. The van der Waals surface area contributed by atoms with Gasteiger partial charge in [0, 0.05) is 13.1 Å². The van der Waals surface area contributed by atoms with Crippen LogP contribution >= 0.6 is 0 Å². The summed E-state index contributed by atoms with van der Waals surface area (Å²) in [6, 6.07) is 2.68. The van der Waals surface area contributed by atoms with Crippen LogP contribution in [0.25, 0.3) is 0 Å². The molecule has 3 N–H and O–H groups in total. The van der Waals surface area contributed by atoms with Gasteiger partial charge in [0.1, 0.15) is 0 Å². The molecule has 0 bridgehead atoms. The van der Waals surface area contributed by atoms with Crippen LogP contribution in [-0.2, 0) is 17.1 Å². The Hall–Kier alpha value is -2.16. The first-order chi connectivity index (χ1) is 9.22. The summed E-state index contributed by atoms with van der Waals surface area (Å²) >= 11 is 0. The van der Waals surface area contributed by atoms with Crippen molar-refractivity contribution in [3.63, 3.8) is 0 Å². The smallest absolute Gasteiger partial charge is 0.267 e. The van der Waals surface area contributed by atoms with E-state index in [2.05, 4.69) is 9.82 Å². The van der Waals surface area contributed by atoms with Crippen LogP contribution in [0.2, 0.25) is 0 Å². The number of nitrogens with zero attached hydrogens (tertiary/aromatic N) is 2. The maximum absolute atomic E-state index is 13.1. The molecule has 1 heterocycles. The molecule has 0 fully saturated rings.